The molecule has 0 aromatic rings. The second kappa shape index (κ2) is 7.24. The van der Waals surface area contributed by atoms with Crippen molar-refractivity contribution in [2.45, 2.75) is 76.7 Å². The summed E-state index contributed by atoms with van der Waals surface area (Å²) >= 11 is 6.06. The fraction of sp³-hybridized carbons (Fsp3) is 0.731. The molecule has 0 saturated heterocycles. The number of hydrogen-bond donors (Lipinski definition) is 1. The number of aliphatic hydroxyl groups is 1. The molecule has 0 aromatic carbocycles. The molecule has 8 atom stereocenters. The van der Waals surface area contributed by atoms with Gasteiger partial charge in [-0.15, -0.1) is 11.6 Å². The van der Waals surface area contributed by atoms with Crippen molar-refractivity contribution in [3.05, 3.63) is 23.8 Å². The third-order valence-corrected chi connectivity index (χ3v) is 10.1. The maximum absolute atomic E-state index is 17.3. The number of carbonyl (C=O) groups excluding carboxylic acids is 3. The van der Waals surface area contributed by atoms with Crippen molar-refractivity contribution in [2.24, 2.45) is 34.5 Å². The van der Waals surface area contributed by atoms with E-state index in [4.69, 9.17) is 16.3 Å². The molecule has 5 nitrogen and oxygen atoms in total. The molecule has 7 heteroatoms. The summed E-state index contributed by atoms with van der Waals surface area (Å²) in [7, 11) is 0. The first kappa shape index (κ1) is 23.2. The smallest absolute Gasteiger partial charge is 0.309 e. The van der Waals surface area contributed by atoms with Gasteiger partial charge >= 0.3 is 5.97 Å². The van der Waals surface area contributed by atoms with Crippen LogP contribution < -0.4 is 0 Å². The van der Waals surface area contributed by atoms with Gasteiger partial charge < -0.3 is 9.84 Å². The molecule has 33 heavy (non-hydrogen) atoms. The summed E-state index contributed by atoms with van der Waals surface area (Å²) in [6, 6.07) is 0. The fourth-order valence-corrected chi connectivity index (χ4v) is 8.26. The maximum Gasteiger partial charge on any atom is 0.309 e. The number of fused-ring (bicyclic) bond motifs is 5. The minimum atomic E-state index is -1.99. The average molecular weight is 479 g/mol. The third kappa shape index (κ3) is 2.77. The van der Waals surface area contributed by atoms with Crippen LogP contribution in [0.15, 0.2) is 23.8 Å². The van der Waals surface area contributed by atoms with Crippen LogP contribution in [0.4, 0.5) is 4.39 Å². The van der Waals surface area contributed by atoms with Crippen molar-refractivity contribution in [2.75, 3.05) is 5.88 Å². The standard InChI is InChI=1S/C26H32ClFO5/c1-14-10-19-18-7-6-16-11-17(29)8-9-23(16,2)25(18,28)20(30)12-24(19,3)26(14,21(31)13-27)33-22(32)15-4-5-15/h8-9,11,14-15,18-20,30H,4-7,10,12-13H2,1-3H3/t14?,18-,19-,20?,23-,24-,25-,26-/m0/s1. The molecule has 5 rings (SSSR count). The van der Waals surface area contributed by atoms with E-state index >= 15 is 4.39 Å². The number of Topliss-reactive ketones (excluding diaryl/α,β-unsaturated/α-hetero) is 1. The second-order valence-corrected chi connectivity index (χ2v) is 11.7. The number of alkyl halides is 2. The van der Waals surface area contributed by atoms with E-state index in [1.807, 2.05) is 13.8 Å². The minimum Gasteiger partial charge on any atom is -0.450 e. The zero-order chi connectivity index (χ0) is 24.0. The van der Waals surface area contributed by atoms with Gasteiger partial charge in [-0.25, -0.2) is 4.39 Å². The highest BCUT2D eigenvalue weighted by Crippen LogP contribution is 2.71. The number of allylic oxidation sites excluding steroid dienone is 4. The molecule has 0 amide bonds. The van der Waals surface area contributed by atoms with Crippen molar-refractivity contribution in [3.8, 4) is 0 Å². The zero-order valence-corrected chi connectivity index (χ0v) is 20.2. The molecule has 4 saturated carbocycles. The van der Waals surface area contributed by atoms with Crippen LogP contribution in [0, 0.1) is 34.5 Å². The van der Waals surface area contributed by atoms with E-state index in [2.05, 4.69) is 0 Å². The number of esters is 1. The van der Waals surface area contributed by atoms with Crippen LogP contribution in [0.5, 0.6) is 0 Å². The predicted octanol–water partition coefficient (Wildman–Crippen LogP) is 4.10. The van der Waals surface area contributed by atoms with Gasteiger partial charge in [-0.1, -0.05) is 25.5 Å². The lowest BCUT2D eigenvalue weighted by atomic mass is 9.44. The van der Waals surface area contributed by atoms with E-state index in [-0.39, 0.29) is 47.6 Å². The van der Waals surface area contributed by atoms with Gasteiger partial charge in [0, 0.05) is 22.7 Å². The summed E-state index contributed by atoms with van der Waals surface area (Å²) in [5, 5.41) is 11.5. The van der Waals surface area contributed by atoms with Crippen molar-refractivity contribution in [1.82, 2.24) is 0 Å². The highest BCUT2D eigenvalue weighted by atomic mass is 35.5. The molecule has 5 aliphatic carbocycles. The quantitative estimate of drug-likeness (QED) is 0.486. The number of rotatable bonds is 4. The fourth-order valence-electron chi connectivity index (χ4n) is 8.06. The van der Waals surface area contributed by atoms with Crippen LogP contribution in [-0.4, -0.2) is 45.9 Å². The largest absolute Gasteiger partial charge is 0.450 e. The molecule has 180 valence electrons. The third-order valence-electron chi connectivity index (χ3n) is 9.89. The van der Waals surface area contributed by atoms with Crippen LogP contribution in [-0.2, 0) is 19.1 Å². The number of hydrogen-bond acceptors (Lipinski definition) is 5. The Morgan fingerprint density at radius 2 is 1.94 bits per heavy atom. The van der Waals surface area contributed by atoms with E-state index < -0.39 is 34.1 Å². The molecule has 0 bridgehead atoms. The first-order valence-electron chi connectivity index (χ1n) is 12.1. The lowest BCUT2D eigenvalue weighted by Crippen LogP contribution is -2.70. The molecule has 0 aromatic heterocycles. The summed E-state index contributed by atoms with van der Waals surface area (Å²) in [4.78, 5) is 38.3. The highest BCUT2D eigenvalue weighted by Gasteiger charge is 2.77. The maximum atomic E-state index is 17.3. The zero-order valence-electron chi connectivity index (χ0n) is 19.4. The van der Waals surface area contributed by atoms with Crippen LogP contribution in [0.25, 0.3) is 0 Å². The van der Waals surface area contributed by atoms with Gasteiger partial charge in [0.2, 0.25) is 0 Å². The molecule has 5 aliphatic rings. The first-order valence-corrected chi connectivity index (χ1v) is 12.6. The van der Waals surface area contributed by atoms with Gasteiger partial charge in [-0.05, 0) is 63.5 Å². The lowest BCUT2D eigenvalue weighted by Gasteiger charge is -2.62. The van der Waals surface area contributed by atoms with Gasteiger partial charge in [0.05, 0.1) is 17.9 Å². The van der Waals surface area contributed by atoms with Gasteiger partial charge in [0.15, 0.2) is 22.8 Å². The van der Waals surface area contributed by atoms with Crippen LogP contribution in [0.2, 0.25) is 0 Å². The Bertz CT molecular complexity index is 987. The number of aliphatic hydroxyl groups excluding tert-OH is 1. The summed E-state index contributed by atoms with van der Waals surface area (Å²) in [5.41, 5.74) is -4.78. The van der Waals surface area contributed by atoms with E-state index in [1.165, 1.54) is 12.2 Å². The highest BCUT2D eigenvalue weighted by molar-refractivity contribution is 6.29. The topological polar surface area (TPSA) is 80.7 Å². The molecular formula is C26H32ClFO5. The Kier molecular flexibility index (Phi) is 5.09. The van der Waals surface area contributed by atoms with Crippen molar-refractivity contribution in [3.63, 3.8) is 0 Å². The Hall–Kier alpha value is -1.53. The monoisotopic (exact) mass is 478 g/mol. The number of halogens is 2. The molecule has 0 radical (unpaired) electrons. The van der Waals surface area contributed by atoms with E-state index in [1.54, 1.807) is 13.0 Å². The predicted molar refractivity (Wildman–Crippen MR) is 120 cm³/mol. The molecule has 2 unspecified atom stereocenters. The lowest BCUT2D eigenvalue weighted by molar-refractivity contribution is -0.227. The number of carbonyl (C=O) groups is 3. The second-order valence-electron chi connectivity index (χ2n) is 11.4. The molecule has 0 spiro atoms. The Morgan fingerprint density at radius 1 is 1.24 bits per heavy atom. The van der Waals surface area contributed by atoms with Crippen LogP contribution in [0.1, 0.15) is 59.3 Å². The van der Waals surface area contributed by atoms with Crippen molar-refractivity contribution < 1.29 is 28.6 Å². The first-order chi connectivity index (χ1) is 15.5. The van der Waals surface area contributed by atoms with Crippen molar-refractivity contribution >= 4 is 29.1 Å². The van der Waals surface area contributed by atoms with E-state index in [0.717, 1.165) is 12.8 Å². The Labute approximate surface area is 198 Å². The van der Waals surface area contributed by atoms with Crippen molar-refractivity contribution in [1.29, 1.82) is 0 Å². The Balaban J connectivity index is 1.61. The Morgan fingerprint density at radius 3 is 2.58 bits per heavy atom. The summed E-state index contributed by atoms with van der Waals surface area (Å²) < 4.78 is 23.3. The summed E-state index contributed by atoms with van der Waals surface area (Å²) in [6.07, 6.45) is 6.13. The molecular weight excluding hydrogens is 447 g/mol. The average Bonchev–Trinajstić information content (AvgIpc) is 3.58. The van der Waals surface area contributed by atoms with E-state index in [0.29, 0.717) is 24.8 Å². The molecule has 4 fully saturated rings. The van der Waals surface area contributed by atoms with Crippen LogP contribution >= 0.6 is 11.6 Å². The van der Waals surface area contributed by atoms with Gasteiger partial charge in [-0.2, -0.15) is 0 Å². The number of ether oxygens (including phenoxy) is 1. The van der Waals surface area contributed by atoms with Gasteiger partial charge in [0.1, 0.15) is 0 Å². The minimum absolute atomic E-state index is 0.0137. The normalized spacial score (nSPS) is 48.4. The van der Waals surface area contributed by atoms with Gasteiger partial charge in [-0.3, -0.25) is 14.4 Å². The number of ketones is 2. The molecule has 0 aliphatic heterocycles. The van der Waals surface area contributed by atoms with Crippen LogP contribution in [0.3, 0.4) is 0 Å². The van der Waals surface area contributed by atoms with E-state index in [9.17, 15) is 19.5 Å². The van der Waals surface area contributed by atoms with Gasteiger partial charge in [0.25, 0.3) is 0 Å². The summed E-state index contributed by atoms with van der Waals surface area (Å²) in [5.74, 6) is -2.57. The molecule has 1 N–H and O–H groups in total. The molecule has 0 heterocycles. The SMILES string of the molecule is CC1C[C@H]2[C@@H]3CCC4=CC(=O)C=C[C@]4(C)[C@@]3(F)C(O)C[C@]2(C)[C@@]1(OC(=O)C1CC1)C(=O)CCl. The summed E-state index contributed by atoms with van der Waals surface area (Å²) in [6.45, 7) is 5.53.